The highest BCUT2D eigenvalue weighted by atomic mass is 16.2. The van der Waals surface area contributed by atoms with Crippen LogP contribution in [-0.2, 0) is 17.9 Å². The van der Waals surface area contributed by atoms with E-state index in [1.165, 1.54) is 56.3 Å². The van der Waals surface area contributed by atoms with Gasteiger partial charge >= 0.3 is 0 Å². The van der Waals surface area contributed by atoms with Gasteiger partial charge in [-0.15, -0.1) is 0 Å². The van der Waals surface area contributed by atoms with Crippen molar-refractivity contribution < 1.29 is 4.79 Å². The highest BCUT2D eigenvalue weighted by molar-refractivity contribution is 5.83. The molecule has 3 nitrogen and oxygen atoms in total. The Morgan fingerprint density at radius 3 is 2.15 bits per heavy atom. The molecule has 1 saturated heterocycles. The molecule has 4 bridgehead atoms. The SMILES string of the molecule is O=C(NCc1ccccc1CN1CCCC1)C12CC3CC(CC(C3)C1)C2. The Morgan fingerprint density at radius 1 is 0.962 bits per heavy atom. The van der Waals surface area contributed by atoms with Gasteiger partial charge in [0.2, 0.25) is 5.91 Å². The summed E-state index contributed by atoms with van der Waals surface area (Å²) in [4.78, 5) is 15.7. The summed E-state index contributed by atoms with van der Waals surface area (Å²) >= 11 is 0. The van der Waals surface area contributed by atoms with Crippen molar-refractivity contribution in [3.05, 3.63) is 35.4 Å². The van der Waals surface area contributed by atoms with Gasteiger partial charge in [0.25, 0.3) is 0 Å². The molecule has 0 atom stereocenters. The molecule has 5 aliphatic rings. The normalized spacial score (nSPS) is 35.8. The van der Waals surface area contributed by atoms with E-state index in [4.69, 9.17) is 0 Å². The van der Waals surface area contributed by atoms with Crippen LogP contribution in [0.1, 0.15) is 62.5 Å². The van der Waals surface area contributed by atoms with E-state index in [-0.39, 0.29) is 5.41 Å². The fraction of sp³-hybridized carbons (Fsp3) is 0.696. The van der Waals surface area contributed by atoms with E-state index in [0.717, 1.165) is 43.6 Å². The van der Waals surface area contributed by atoms with Gasteiger partial charge in [0, 0.05) is 18.5 Å². The van der Waals surface area contributed by atoms with Gasteiger partial charge in [-0.25, -0.2) is 0 Å². The highest BCUT2D eigenvalue weighted by Gasteiger charge is 2.54. The molecule has 5 fully saturated rings. The fourth-order valence-corrected chi connectivity index (χ4v) is 6.82. The Hall–Kier alpha value is -1.35. The molecule has 140 valence electrons. The Balaban J connectivity index is 1.26. The minimum absolute atomic E-state index is 0.0291. The third-order valence-corrected chi connectivity index (χ3v) is 7.67. The van der Waals surface area contributed by atoms with Crippen LogP contribution in [0.4, 0.5) is 0 Å². The molecule has 1 aromatic rings. The smallest absolute Gasteiger partial charge is 0.226 e. The van der Waals surface area contributed by atoms with Gasteiger partial charge in [0.05, 0.1) is 0 Å². The summed E-state index contributed by atoms with van der Waals surface area (Å²) in [6.07, 6.45) is 10.3. The van der Waals surface area contributed by atoms with Crippen LogP contribution >= 0.6 is 0 Å². The molecule has 26 heavy (non-hydrogen) atoms. The number of likely N-dealkylation sites (tertiary alicyclic amines) is 1. The number of benzene rings is 1. The molecule has 1 aromatic carbocycles. The molecule has 0 radical (unpaired) electrons. The summed E-state index contributed by atoms with van der Waals surface area (Å²) in [6.45, 7) is 4.16. The van der Waals surface area contributed by atoms with Crippen molar-refractivity contribution in [3.63, 3.8) is 0 Å². The van der Waals surface area contributed by atoms with E-state index in [2.05, 4.69) is 34.5 Å². The first-order chi connectivity index (χ1) is 12.7. The molecule has 1 aliphatic heterocycles. The maximum Gasteiger partial charge on any atom is 0.226 e. The lowest BCUT2D eigenvalue weighted by molar-refractivity contribution is -0.146. The van der Waals surface area contributed by atoms with Crippen LogP contribution in [0.25, 0.3) is 0 Å². The quantitative estimate of drug-likeness (QED) is 0.865. The first-order valence-corrected chi connectivity index (χ1v) is 10.8. The van der Waals surface area contributed by atoms with Crippen LogP contribution in [0.5, 0.6) is 0 Å². The maximum atomic E-state index is 13.2. The number of hydrogen-bond donors (Lipinski definition) is 1. The van der Waals surface area contributed by atoms with Crippen molar-refractivity contribution >= 4 is 5.91 Å². The number of carbonyl (C=O) groups is 1. The highest BCUT2D eigenvalue weighted by Crippen LogP contribution is 2.60. The van der Waals surface area contributed by atoms with Gasteiger partial charge in [0.1, 0.15) is 0 Å². The zero-order valence-electron chi connectivity index (χ0n) is 15.9. The van der Waals surface area contributed by atoms with Crippen LogP contribution in [0, 0.1) is 23.2 Å². The zero-order chi connectivity index (χ0) is 17.6. The Labute approximate surface area is 157 Å². The van der Waals surface area contributed by atoms with Crippen molar-refractivity contribution in [1.29, 1.82) is 0 Å². The Bertz CT molecular complexity index is 641. The average molecular weight is 353 g/mol. The van der Waals surface area contributed by atoms with E-state index >= 15 is 0 Å². The second-order valence-corrected chi connectivity index (χ2v) is 9.63. The first-order valence-electron chi connectivity index (χ1n) is 10.8. The summed E-state index contributed by atoms with van der Waals surface area (Å²) in [5.41, 5.74) is 2.66. The predicted octanol–water partition coefficient (Wildman–Crippen LogP) is 4.12. The minimum Gasteiger partial charge on any atom is -0.352 e. The van der Waals surface area contributed by atoms with E-state index < -0.39 is 0 Å². The van der Waals surface area contributed by atoms with Gasteiger partial charge in [-0.05, 0) is 93.3 Å². The second-order valence-electron chi connectivity index (χ2n) is 9.63. The number of amides is 1. The molecular formula is C23H32N2O. The minimum atomic E-state index is -0.0291. The summed E-state index contributed by atoms with van der Waals surface area (Å²) < 4.78 is 0. The van der Waals surface area contributed by atoms with Gasteiger partial charge in [-0.2, -0.15) is 0 Å². The fourth-order valence-electron chi connectivity index (χ4n) is 6.82. The summed E-state index contributed by atoms with van der Waals surface area (Å²) in [6, 6.07) is 8.69. The Morgan fingerprint density at radius 2 is 1.54 bits per heavy atom. The van der Waals surface area contributed by atoms with Crippen molar-refractivity contribution in [2.45, 2.75) is 64.5 Å². The van der Waals surface area contributed by atoms with Crippen LogP contribution in [-0.4, -0.2) is 23.9 Å². The van der Waals surface area contributed by atoms with Gasteiger partial charge in [0.15, 0.2) is 0 Å². The summed E-state index contributed by atoms with van der Waals surface area (Å²) in [5, 5.41) is 3.36. The lowest BCUT2D eigenvalue weighted by Gasteiger charge is -2.55. The van der Waals surface area contributed by atoms with Crippen LogP contribution in [0.3, 0.4) is 0 Å². The number of rotatable bonds is 5. The Kier molecular flexibility index (Phi) is 4.31. The molecule has 0 spiro atoms. The molecule has 0 unspecified atom stereocenters. The zero-order valence-corrected chi connectivity index (χ0v) is 15.9. The van der Waals surface area contributed by atoms with Crippen molar-refractivity contribution in [2.75, 3.05) is 13.1 Å². The molecule has 1 amide bonds. The lowest BCUT2D eigenvalue weighted by Crippen LogP contribution is -2.53. The number of carbonyl (C=O) groups excluding carboxylic acids is 1. The van der Waals surface area contributed by atoms with Gasteiger partial charge in [-0.3, -0.25) is 9.69 Å². The summed E-state index contributed by atoms with van der Waals surface area (Å²) in [7, 11) is 0. The number of nitrogens with one attached hydrogen (secondary N) is 1. The molecule has 1 N–H and O–H groups in total. The van der Waals surface area contributed by atoms with Gasteiger partial charge in [-0.1, -0.05) is 24.3 Å². The van der Waals surface area contributed by atoms with E-state index in [0.29, 0.717) is 12.5 Å². The molecule has 3 heteroatoms. The molecule has 0 aromatic heterocycles. The second kappa shape index (κ2) is 6.67. The number of hydrogen-bond acceptors (Lipinski definition) is 2. The maximum absolute atomic E-state index is 13.2. The van der Waals surface area contributed by atoms with E-state index in [1.807, 2.05) is 0 Å². The van der Waals surface area contributed by atoms with Gasteiger partial charge < -0.3 is 5.32 Å². The monoisotopic (exact) mass is 352 g/mol. The standard InChI is InChI=1S/C23H32N2O/c26-22(23-12-17-9-18(13-23)11-19(10-17)14-23)24-15-20-5-1-2-6-21(20)16-25-7-3-4-8-25/h1-2,5-6,17-19H,3-4,7-16H2,(H,24,26). The summed E-state index contributed by atoms with van der Waals surface area (Å²) in [5.74, 6) is 2.84. The molecule has 4 saturated carbocycles. The van der Waals surface area contributed by atoms with E-state index in [1.54, 1.807) is 0 Å². The van der Waals surface area contributed by atoms with Crippen molar-refractivity contribution in [2.24, 2.45) is 23.2 Å². The lowest BCUT2D eigenvalue weighted by atomic mass is 9.49. The topological polar surface area (TPSA) is 32.3 Å². The van der Waals surface area contributed by atoms with E-state index in [9.17, 15) is 4.79 Å². The molecule has 1 heterocycles. The third kappa shape index (κ3) is 3.09. The molecule has 6 rings (SSSR count). The van der Waals surface area contributed by atoms with Crippen molar-refractivity contribution in [3.8, 4) is 0 Å². The predicted molar refractivity (Wildman–Crippen MR) is 103 cm³/mol. The van der Waals surface area contributed by atoms with Crippen LogP contribution in [0.15, 0.2) is 24.3 Å². The third-order valence-electron chi connectivity index (χ3n) is 7.67. The average Bonchev–Trinajstić information content (AvgIpc) is 3.12. The number of nitrogens with zero attached hydrogens (tertiary/aromatic N) is 1. The van der Waals surface area contributed by atoms with Crippen LogP contribution < -0.4 is 5.32 Å². The molecular weight excluding hydrogens is 320 g/mol. The van der Waals surface area contributed by atoms with Crippen molar-refractivity contribution in [1.82, 2.24) is 10.2 Å². The first kappa shape index (κ1) is 16.8. The largest absolute Gasteiger partial charge is 0.352 e. The molecule has 4 aliphatic carbocycles. The van der Waals surface area contributed by atoms with Crippen LogP contribution in [0.2, 0.25) is 0 Å².